The number of pyridine rings is 1. The number of piperazine rings is 1. The zero-order valence-electron chi connectivity index (χ0n) is 41.8. The number of hydrogen-bond donors (Lipinski definition) is 3. The summed E-state index contributed by atoms with van der Waals surface area (Å²) in [5, 5.41) is 21.4. The van der Waals surface area contributed by atoms with Gasteiger partial charge in [0.1, 0.15) is 30.7 Å². The van der Waals surface area contributed by atoms with Gasteiger partial charge in [-0.05, 0) is 74.1 Å². The number of aryl methyl sites for hydroxylation is 1. The van der Waals surface area contributed by atoms with E-state index in [4.69, 9.17) is 28.9 Å². The lowest BCUT2D eigenvalue weighted by molar-refractivity contribution is -0.128. The zero-order chi connectivity index (χ0) is 49.8. The Morgan fingerprint density at radius 3 is 2.47 bits per heavy atom. The van der Waals surface area contributed by atoms with Crippen molar-refractivity contribution in [2.24, 2.45) is 5.92 Å². The smallest absolute Gasteiger partial charge is 0.415 e. The predicted octanol–water partition coefficient (Wildman–Crippen LogP) is 6.74. The van der Waals surface area contributed by atoms with Crippen molar-refractivity contribution in [1.29, 1.82) is 0 Å². The van der Waals surface area contributed by atoms with E-state index in [0.717, 1.165) is 117 Å². The minimum absolute atomic E-state index is 0.00461. The summed E-state index contributed by atoms with van der Waals surface area (Å²) in [6.07, 6.45) is 14.9. The molecule has 4 aromatic heterocycles. The Morgan fingerprint density at radius 2 is 1.72 bits per heavy atom. The highest BCUT2D eigenvalue weighted by Crippen LogP contribution is 2.41. The lowest BCUT2D eigenvalue weighted by atomic mass is 9.96. The number of ether oxygens (including phenoxy) is 4. The number of piperidine rings is 1. The standard InChI is InChI=1S/C53H70N12O7/c1-4-40-35-57-65-46(31-47(59-51(40)65)63-18-7-6-8-44(63)17-24-66)54-32-39-11-16-48(55-33-39)71-29-28-70-27-26-69-25-23-64-50-43(36-72-53(64)68)34-56-52(60-50)58-37(3)41-12-14-42(15-13-41)45(30-38-9-10-38)61-19-21-62(22-20-61)49(67)5-2/h5,11-16,31,33-35,37-38,44-45,54,66H,2,4,6-10,17-30,32,36H2,1,3H3,(H,56,58,60)/t37-,44-,45-/m0/s1. The molecule has 19 heteroatoms. The number of aromatic nitrogens is 6. The molecule has 7 heterocycles. The fourth-order valence-corrected chi connectivity index (χ4v) is 9.88. The summed E-state index contributed by atoms with van der Waals surface area (Å²) in [7, 11) is 0. The summed E-state index contributed by atoms with van der Waals surface area (Å²) in [5.74, 6) is 3.96. The molecule has 2 amide bonds. The summed E-state index contributed by atoms with van der Waals surface area (Å²) < 4.78 is 24.7. The predicted molar refractivity (Wildman–Crippen MR) is 274 cm³/mol. The summed E-state index contributed by atoms with van der Waals surface area (Å²) in [4.78, 5) is 52.2. The van der Waals surface area contributed by atoms with Gasteiger partial charge in [0.15, 0.2) is 5.65 Å². The normalized spacial score (nSPS) is 18.1. The van der Waals surface area contributed by atoms with Gasteiger partial charge in [-0.2, -0.15) is 14.6 Å². The van der Waals surface area contributed by atoms with Crippen molar-refractivity contribution in [2.75, 3.05) is 99.3 Å². The molecule has 3 atom stereocenters. The molecule has 2 saturated heterocycles. The number of rotatable bonds is 25. The average molecular weight is 987 g/mol. The van der Waals surface area contributed by atoms with Crippen molar-refractivity contribution in [3.63, 3.8) is 0 Å². The maximum atomic E-state index is 12.9. The van der Waals surface area contributed by atoms with E-state index in [1.165, 1.54) is 29.4 Å². The van der Waals surface area contributed by atoms with Gasteiger partial charge in [-0.15, -0.1) is 0 Å². The van der Waals surface area contributed by atoms with Crippen molar-refractivity contribution in [3.05, 3.63) is 102 Å². The molecule has 0 unspecified atom stereocenters. The molecule has 4 aliphatic rings. The van der Waals surface area contributed by atoms with Crippen LogP contribution in [0.5, 0.6) is 5.88 Å². The van der Waals surface area contributed by atoms with Gasteiger partial charge >= 0.3 is 6.09 Å². The first-order valence-corrected chi connectivity index (χ1v) is 25.8. The maximum absolute atomic E-state index is 12.9. The maximum Gasteiger partial charge on any atom is 0.415 e. The van der Waals surface area contributed by atoms with Gasteiger partial charge in [0.2, 0.25) is 17.7 Å². The molecule has 19 nitrogen and oxygen atoms in total. The van der Waals surface area contributed by atoms with E-state index in [1.54, 1.807) is 12.4 Å². The van der Waals surface area contributed by atoms with Gasteiger partial charge in [0.05, 0.1) is 50.8 Å². The minimum Gasteiger partial charge on any atom is -0.475 e. The fourth-order valence-electron chi connectivity index (χ4n) is 9.88. The molecule has 0 spiro atoms. The molecule has 9 rings (SSSR count). The van der Waals surface area contributed by atoms with Crippen LogP contribution in [0, 0.1) is 5.92 Å². The van der Waals surface area contributed by atoms with Gasteiger partial charge in [-0.1, -0.05) is 56.7 Å². The third-order valence-electron chi connectivity index (χ3n) is 14.2. The van der Waals surface area contributed by atoms with Crippen molar-refractivity contribution in [2.45, 2.75) is 96.5 Å². The molecule has 0 radical (unpaired) electrons. The molecule has 1 saturated carbocycles. The topological polar surface area (TPSA) is 197 Å². The number of nitrogens with zero attached hydrogens (tertiary/aromatic N) is 10. The van der Waals surface area contributed by atoms with Crippen LogP contribution in [0.1, 0.15) is 98.7 Å². The molecular formula is C53H70N12O7. The van der Waals surface area contributed by atoms with E-state index in [-0.39, 0.29) is 44.4 Å². The number of aliphatic hydroxyl groups is 1. The molecule has 3 fully saturated rings. The SMILES string of the molecule is C=CC(=O)N1CCN([C@@H](CC2CC2)c2ccc([C@H](C)Nc3ncc4c(n3)N(CCOCCOCCOc3ccc(CNc5cc(N6CCCC[C@H]6CCO)nc6c(CC)cnn56)cn3)C(=O)OC4)cc2)CC1. The Morgan fingerprint density at radius 1 is 0.931 bits per heavy atom. The highest BCUT2D eigenvalue weighted by Gasteiger charge is 2.33. The van der Waals surface area contributed by atoms with E-state index < -0.39 is 6.09 Å². The van der Waals surface area contributed by atoms with Crippen LogP contribution in [0.4, 0.5) is 28.2 Å². The fraction of sp³-hybridized carbons (Fsp3) is 0.528. The van der Waals surface area contributed by atoms with Gasteiger partial charge < -0.3 is 44.5 Å². The molecule has 0 bridgehead atoms. The third-order valence-corrected chi connectivity index (χ3v) is 14.2. The lowest BCUT2D eigenvalue weighted by Gasteiger charge is -2.39. The second-order valence-corrected chi connectivity index (χ2v) is 19.1. The number of hydrogen-bond acceptors (Lipinski definition) is 16. The molecule has 72 heavy (non-hydrogen) atoms. The van der Waals surface area contributed by atoms with Crippen molar-refractivity contribution in [1.82, 2.24) is 39.3 Å². The average Bonchev–Trinajstić information content (AvgIpc) is 4.15. The number of amides is 2. The van der Waals surface area contributed by atoms with Gasteiger partial charge in [0, 0.05) is 88.0 Å². The van der Waals surface area contributed by atoms with Crippen molar-refractivity contribution >= 4 is 41.0 Å². The van der Waals surface area contributed by atoms with Gasteiger partial charge in [-0.3, -0.25) is 14.6 Å². The number of benzene rings is 1. The number of nitrogens with one attached hydrogen (secondary N) is 2. The van der Waals surface area contributed by atoms with E-state index in [1.807, 2.05) is 27.7 Å². The van der Waals surface area contributed by atoms with Crippen LogP contribution < -0.4 is 25.2 Å². The first-order valence-electron chi connectivity index (χ1n) is 25.8. The second kappa shape index (κ2) is 24.3. The van der Waals surface area contributed by atoms with E-state index in [2.05, 4.69) is 86.3 Å². The summed E-state index contributed by atoms with van der Waals surface area (Å²) >= 11 is 0. The van der Waals surface area contributed by atoms with Crippen LogP contribution in [0.2, 0.25) is 0 Å². The van der Waals surface area contributed by atoms with Crippen LogP contribution in [-0.2, 0) is 38.6 Å². The van der Waals surface area contributed by atoms with Crippen LogP contribution in [0.25, 0.3) is 5.65 Å². The first kappa shape index (κ1) is 50.5. The highest BCUT2D eigenvalue weighted by atomic mass is 16.6. The number of aliphatic hydroxyl groups excluding tert-OH is 1. The lowest BCUT2D eigenvalue weighted by Crippen LogP contribution is -2.49. The third kappa shape index (κ3) is 12.6. The summed E-state index contributed by atoms with van der Waals surface area (Å²) in [6, 6.07) is 15.2. The monoisotopic (exact) mass is 987 g/mol. The number of carbonyl (C=O) groups is 2. The highest BCUT2D eigenvalue weighted by molar-refractivity contribution is 5.89. The number of cyclic esters (lactones) is 1. The zero-order valence-corrected chi connectivity index (χ0v) is 41.8. The minimum atomic E-state index is -0.481. The Balaban J connectivity index is 0.690. The van der Waals surface area contributed by atoms with Crippen molar-refractivity contribution in [3.8, 4) is 5.88 Å². The summed E-state index contributed by atoms with van der Waals surface area (Å²) in [6.45, 7) is 14.6. The van der Waals surface area contributed by atoms with E-state index in [0.29, 0.717) is 56.7 Å². The van der Waals surface area contributed by atoms with Gasteiger partial charge in [0.25, 0.3) is 0 Å². The van der Waals surface area contributed by atoms with Gasteiger partial charge in [-0.25, -0.2) is 19.7 Å². The molecule has 1 aliphatic carbocycles. The summed E-state index contributed by atoms with van der Waals surface area (Å²) in [5.41, 5.74) is 6.04. The number of fused-ring (bicyclic) bond motifs is 2. The van der Waals surface area contributed by atoms with E-state index >= 15 is 0 Å². The molecule has 3 aliphatic heterocycles. The van der Waals surface area contributed by atoms with Crippen LogP contribution >= 0.6 is 0 Å². The largest absolute Gasteiger partial charge is 0.475 e. The number of anilines is 4. The molecule has 1 aromatic carbocycles. The van der Waals surface area contributed by atoms with Crippen LogP contribution in [-0.4, -0.2) is 141 Å². The van der Waals surface area contributed by atoms with E-state index in [9.17, 15) is 14.7 Å². The Bertz CT molecular complexity index is 2580. The quantitative estimate of drug-likeness (QED) is 0.0410. The van der Waals surface area contributed by atoms with Crippen LogP contribution in [0.3, 0.4) is 0 Å². The Hall–Kier alpha value is -6.41. The second-order valence-electron chi connectivity index (χ2n) is 19.1. The molecular weight excluding hydrogens is 917 g/mol. The first-order chi connectivity index (χ1) is 35.3. The van der Waals surface area contributed by atoms with Crippen LogP contribution in [0.15, 0.2) is 73.7 Å². The van der Waals surface area contributed by atoms with Crippen molar-refractivity contribution < 1.29 is 33.6 Å². The number of carbonyl (C=O) groups excluding carboxylic acids is 2. The Labute approximate surface area is 421 Å². The Kier molecular flexibility index (Phi) is 17.1. The molecule has 3 N–H and O–H groups in total. The molecule has 5 aromatic rings. The molecule has 384 valence electrons.